The van der Waals surface area contributed by atoms with Crippen LogP contribution in [-0.4, -0.2) is 22.6 Å². The molecular weight excluding hydrogens is 385 g/mol. The molecule has 29 heavy (non-hydrogen) atoms. The van der Waals surface area contributed by atoms with Gasteiger partial charge in [-0.1, -0.05) is 23.9 Å². The van der Waals surface area contributed by atoms with Gasteiger partial charge in [-0.05, 0) is 60.2 Å². The molecule has 0 N–H and O–H groups in total. The molecule has 5 rings (SSSR count). The minimum absolute atomic E-state index is 0.293. The van der Waals surface area contributed by atoms with Gasteiger partial charge in [0.25, 0.3) is 0 Å². The summed E-state index contributed by atoms with van der Waals surface area (Å²) in [5, 5.41) is 11.0. The minimum Gasteiger partial charge on any atom is -0.381 e. The van der Waals surface area contributed by atoms with E-state index >= 15 is 0 Å². The number of halogens is 1. The van der Waals surface area contributed by atoms with Crippen LogP contribution < -0.4 is 0 Å². The first-order valence-corrected chi connectivity index (χ1v) is 10.3. The SMILES string of the molecule is N#CC1(c2cccc(F)c2Sc2ccc3c(ccc4nccn43)c2)CCOCC1. The Morgan fingerprint density at radius 2 is 2.00 bits per heavy atom. The van der Waals surface area contributed by atoms with Crippen molar-refractivity contribution in [3.05, 3.63) is 72.3 Å². The topological polar surface area (TPSA) is 50.3 Å². The Morgan fingerprint density at radius 1 is 1.14 bits per heavy atom. The zero-order valence-corrected chi connectivity index (χ0v) is 16.5. The summed E-state index contributed by atoms with van der Waals surface area (Å²) in [6, 6.07) is 17.6. The van der Waals surface area contributed by atoms with Gasteiger partial charge in [0.2, 0.25) is 0 Å². The van der Waals surface area contributed by atoms with E-state index in [1.165, 1.54) is 17.8 Å². The summed E-state index contributed by atoms with van der Waals surface area (Å²) in [5.41, 5.74) is 2.00. The number of nitrogens with zero attached hydrogens (tertiary/aromatic N) is 3. The maximum Gasteiger partial charge on any atom is 0.137 e. The van der Waals surface area contributed by atoms with Crippen LogP contribution in [0, 0.1) is 17.1 Å². The highest BCUT2D eigenvalue weighted by Gasteiger charge is 2.37. The van der Waals surface area contributed by atoms with E-state index < -0.39 is 5.41 Å². The van der Waals surface area contributed by atoms with E-state index in [-0.39, 0.29) is 5.82 Å². The normalized spacial score (nSPS) is 16.1. The van der Waals surface area contributed by atoms with Gasteiger partial charge in [0.1, 0.15) is 11.5 Å². The Labute approximate surface area is 171 Å². The Morgan fingerprint density at radius 3 is 2.83 bits per heavy atom. The second kappa shape index (κ2) is 7.18. The van der Waals surface area contributed by atoms with Crippen molar-refractivity contribution >= 4 is 28.3 Å². The molecular formula is C23H18FN3OS. The second-order valence-electron chi connectivity index (χ2n) is 7.23. The van der Waals surface area contributed by atoms with Crippen LogP contribution in [0.25, 0.3) is 16.6 Å². The largest absolute Gasteiger partial charge is 0.381 e. The molecule has 0 saturated carbocycles. The summed E-state index contributed by atoms with van der Waals surface area (Å²) in [6.07, 6.45) is 4.87. The van der Waals surface area contributed by atoms with Crippen molar-refractivity contribution in [3.63, 3.8) is 0 Å². The third-order valence-electron chi connectivity index (χ3n) is 5.60. The third kappa shape index (κ3) is 3.07. The fourth-order valence-corrected chi connectivity index (χ4v) is 5.12. The lowest BCUT2D eigenvalue weighted by molar-refractivity contribution is 0.0667. The standard InChI is InChI=1S/C23H18FN3OS/c24-19-3-1-2-18(23(15-25)8-12-28-13-9-23)22(19)29-17-5-6-20-16(14-17)4-7-21-26-10-11-27(20)21/h1-7,10-11,14H,8-9,12-13H2. The van der Waals surface area contributed by atoms with Gasteiger partial charge in [0.15, 0.2) is 0 Å². The molecule has 144 valence electrons. The van der Waals surface area contributed by atoms with E-state index in [9.17, 15) is 9.65 Å². The van der Waals surface area contributed by atoms with Crippen molar-refractivity contribution in [2.24, 2.45) is 0 Å². The number of ether oxygens (including phenoxy) is 1. The molecule has 2 aromatic heterocycles. The molecule has 0 atom stereocenters. The van der Waals surface area contributed by atoms with E-state index in [1.807, 2.05) is 40.9 Å². The summed E-state index contributed by atoms with van der Waals surface area (Å²) >= 11 is 1.38. The van der Waals surface area contributed by atoms with Gasteiger partial charge in [-0.3, -0.25) is 4.40 Å². The molecule has 1 aliphatic heterocycles. The molecule has 3 heterocycles. The quantitative estimate of drug-likeness (QED) is 0.463. The first kappa shape index (κ1) is 18.2. The van der Waals surface area contributed by atoms with Crippen LogP contribution in [0.5, 0.6) is 0 Å². The summed E-state index contributed by atoms with van der Waals surface area (Å²) in [6.45, 7) is 1.04. The highest BCUT2D eigenvalue weighted by Crippen LogP contribution is 2.43. The third-order valence-corrected chi connectivity index (χ3v) is 6.71. The molecule has 1 saturated heterocycles. The van der Waals surface area contributed by atoms with Crippen molar-refractivity contribution in [1.82, 2.24) is 9.38 Å². The van der Waals surface area contributed by atoms with Crippen LogP contribution in [-0.2, 0) is 10.2 Å². The van der Waals surface area contributed by atoms with Gasteiger partial charge < -0.3 is 4.74 Å². The molecule has 0 radical (unpaired) electrons. The zero-order valence-electron chi connectivity index (χ0n) is 15.6. The second-order valence-corrected chi connectivity index (χ2v) is 8.32. The first-order chi connectivity index (χ1) is 14.2. The highest BCUT2D eigenvalue weighted by atomic mass is 32.2. The number of rotatable bonds is 3. The molecule has 4 aromatic rings. The Balaban J connectivity index is 1.58. The van der Waals surface area contributed by atoms with Crippen LogP contribution in [0.2, 0.25) is 0 Å². The summed E-state index contributed by atoms with van der Waals surface area (Å²) in [4.78, 5) is 5.78. The number of benzene rings is 2. The van der Waals surface area contributed by atoms with Gasteiger partial charge in [-0.2, -0.15) is 5.26 Å². The number of aromatic nitrogens is 2. The fourth-order valence-electron chi connectivity index (χ4n) is 4.02. The Hall–Kier alpha value is -2.88. The summed E-state index contributed by atoms with van der Waals surface area (Å²) < 4.78 is 22.4. The van der Waals surface area contributed by atoms with E-state index in [0.29, 0.717) is 31.0 Å². The van der Waals surface area contributed by atoms with Crippen LogP contribution in [0.15, 0.2) is 70.7 Å². The molecule has 0 spiro atoms. The van der Waals surface area contributed by atoms with Gasteiger partial charge in [-0.15, -0.1) is 0 Å². The maximum atomic E-state index is 14.9. The average Bonchev–Trinajstić information content (AvgIpc) is 3.25. The predicted octanol–water partition coefficient (Wildman–Crippen LogP) is 5.35. The van der Waals surface area contributed by atoms with Crippen molar-refractivity contribution < 1.29 is 9.13 Å². The van der Waals surface area contributed by atoms with Crippen molar-refractivity contribution in [1.29, 1.82) is 5.26 Å². The van der Waals surface area contributed by atoms with Gasteiger partial charge >= 0.3 is 0 Å². The maximum absolute atomic E-state index is 14.9. The highest BCUT2D eigenvalue weighted by molar-refractivity contribution is 7.99. The molecule has 0 bridgehead atoms. The fraction of sp³-hybridized carbons (Fsp3) is 0.217. The Bertz CT molecular complexity index is 1250. The number of fused-ring (bicyclic) bond motifs is 3. The molecule has 2 aromatic carbocycles. The molecule has 0 unspecified atom stereocenters. The lowest BCUT2D eigenvalue weighted by Gasteiger charge is -2.32. The van der Waals surface area contributed by atoms with E-state index in [4.69, 9.17) is 4.74 Å². The van der Waals surface area contributed by atoms with E-state index in [2.05, 4.69) is 17.1 Å². The molecule has 1 aliphatic rings. The molecule has 0 aliphatic carbocycles. The van der Waals surface area contributed by atoms with Crippen LogP contribution >= 0.6 is 11.8 Å². The van der Waals surface area contributed by atoms with Gasteiger partial charge in [0.05, 0.1) is 21.9 Å². The zero-order chi connectivity index (χ0) is 19.8. The number of hydrogen-bond donors (Lipinski definition) is 0. The van der Waals surface area contributed by atoms with Gasteiger partial charge in [0, 0.05) is 30.5 Å². The number of pyridine rings is 1. The monoisotopic (exact) mass is 403 g/mol. The predicted molar refractivity (Wildman–Crippen MR) is 111 cm³/mol. The molecule has 6 heteroatoms. The van der Waals surface area contributed by atoms with Crippen molar-refractivity contribution in [2.75, 3.05) is 13.2 Å². The van der Waals surface area contributed by atoms with Crippen LogP contribution in [0.1, 0.15) is 18.4 Å². The van der Waals surface area contributed by atoms with Gasteiger partial charge in [-0.25, -0.2) is 9.37 Å². The van der Waals surface area contributed by atoms with Crippen molar-refractivity contribution in [3.8, 4) is 6.07 Å². The first-order valence-electron chi connectivity index (χ1n) is 9.52. The van der Waals surface area contributed by atoms with Crippen molar-refractivity contribution in [2.45, 2.75) is 28.0 Å². The lowest BCUT2D eigenvalue weighted by atomic mass is 9.75. The van der Waals surface area contributed by atoms with E-state index in [0.717, 1.165) is 27.0 Å². The van der Waals surface area contributed by atoms with Crippen LogP contribution in [0.4, 0.5) is 4.39 Å². The summed E-state index contributed by atoms with van der Waals surface area (Å²) in [7, 11) is 0. The number of nitriles is 1. The summed E-state index contributed by atoms with van der Waals surface area (Å²) in [5.74, 6) is -0.293. The molecule has 1 fully saturated rings. The number of hydrogen-bond acceptors (Lipinski definition) is 4. The lowest BCUT2D eigenvalue weighted by Crippen LogP contribution is -2.33. The minimum atomic E-state index is -0.706. The average molecular weight is 403 g/mol. The number of imidazole rings is 1. The molecule has 4 nitrogen and oxygen atoms in total. The Kier molecular flexibility index (Phi) is 4.50. The smallest absolute Gasteiger partial charge is 0.137 e. The van der Waals surface area contributed by atoms with Crippen LogP contribution in [0.3, 0.4) is 0 Å². The van der Waals surface area contributed by atoms with E-state index in [1.54, 1.807) is 12.3 Å². The molecule has 0 amide bonds.